The second-order valence-electron chi connectivity index (χ2n) is 6.63. The molecular weight excluding hydrogens is 431 g/mol. The van der Waals surface area contributed by atoms with Crippen LogP contribution in [0.2, 0.25) is 0 Å². The molecule has 0 fully saturated rings. The van der Waals surface area contributed by atoms with Crippen molar-refractivity contribution in [2.75, 3.05) is 11.1 Å². The van der Waals surface area contributed by atoms with Gasteiger partial charge in [0.25, 0.3) is 5.91 Å². The minimum atomic E-state index is -5.08. The van der Waals surface area contributed by atoms with Gasteiger partial charge in [0.15, 0.2) is 5.13 Å². The summed E-state index contributed by atoms with van der Waals surface area (Å²) in [6.45, 7) is 6.03. The molecule has 0 saturated carbocycles. The normalized spacial score (nSPS) is 10.8. The molecule has 0 atom stereocenters. The molecule has 4 N–H and O–H groups in total. The van der Waals surface area contributed by atoms with Crippen LogP contribution < -0.4 is 11.1 Å². The Balaban J connectivity index is 0.000000423. The lowest BCUT2D eigenvalue weighted by molar-refractivity contribution is -0.192. The fraction of sp³-hybridized carbons (Fsp3) is 0.190. The van der Waals surface area contributed by atoms with Gasteiger partial charge < -0.3 is 16.2 Å². The number of halogens is 3. The standard InChI is InChI=1S/C19H19N3OS.C2HF3O2/c1-11-9-12(2)15(13(3)10-11)21-18(23)17-16(22-19(20)24-17)14-7-5-4-6-8-14;3-2(4,5)1(6)7/h4-10H,1-3H3,(H2,20,22)(H,21,23);(H,6,7). The Morgan fingerprint density at radius 3 is 2.06 bits per heavy atom. The van der Waals surface area contributed by atoms with Gasteiger partial charge in [-0.15, -0.1) is 0 Å². The van der Waals surface area contributed by atoms with Crippen molar-refractivity contribution in [2.24, 2.45) is 0 Å². The van der Waals surface area contributed by atoms with Gasteiger partial charge in [-0.3, -0.25) is 4.79 Å². The number of aliphatic carboxylic acids is 1. The number of rotatable bonds is 3. The Morgan fingerprint density at radius 1 is 1.06 bits per heavy atom. The van der Waals surface area contributed by atoms with E-state index in [1.54, 1.807) is 0 Å². The van der Waals surface area contributed by atoms with Crippen molar-refractivity contribution in [1.29, 1.82) is 0 Å². The number of nitrogen functional groups attached to an aromatic ring is 1. The summed E-state index contributed by atoms with van der Waals surface area (Å²) in [6.07, 6.45) is -5.08. The third kappa shape index (κ3) is 6.29. The molecule has 0 bridgehead atoms. The Kier molecular flexibility index (Phi) is 7.40. The van der Waals surface area contributed by atoms with Gasteiger partial charge in [-0.05, 0) is 31.9 Å². The zero-order chi connectivity index (χ0) is 23.3. The number of alkyl halides is 3. The van der Waals surface area contributed by atoms with Gasteiger partial charge >= 0.3 is 12.1 Å². The second-order valence-corrected chi connectivity index (χ2v) is 7.66. The number of carbonyl (C=O) groups is 2. The zero-order valence-corrected chi connectivity index (χ0v) is 17.7. The molecule has 6 nitrogen and oxygen atoms in total. The van der Waals surface area contributed by atoms with Gasteiger partial charge in [-0.2, -0.15) is 13.2 Å². The molecule has 1 heterocycles. The molecule has 2 aromatic carbocycles. The number of aromatic nitrogens is 1. The molecule has 0 aliphatic carbocycles. The number of aryl methyl sites for hydroxylation is 3. The smallest absolute Gasteiger partial charge is 0.475 e. The van der Waals surface area contributed by atoms with E-state index in [9.17, 15) is 18.0 Å². The highest BCUT2D eigenvalue weighted by molar-refractivity contribution is 7.17. The maximum Gasteiger partial charge on any atom is 0.490 e. The number of nitrogens with two attached hydrogens (primary N) is 1. The highest BCUT2D eigenvalue weighted by Crippen LogP contribution is 2.31. The molecule has 31 heavy (non-hydrogen) atoms. The van der Waals surface area contributed by atoms with Crippen molar-refractivity contribution in [3.63, 3.8) is 0 Å². The second kappa shape index (κ2) is 9.61. The number of benzene rings is 2. The molecule has 164 valence electrons. The van der Waals surface area contributed by atoms with Crippen LogP contribution in [0.4, 0.5) is 24.0 Å². The van der Waals surface area contributed by atoms with Crippen molar-refractivity contribution in [1.82, 2.24) is 4.98 Å². The quantitative estimate of drug-likeness (QED) is 0.507. The fourth-order valence-electron chi connectivity index (χ4n) is 2.83. The first kappa shape index (κ1) is 23.9. The van der Waals surface area contributed by atoms with E-state index in [0.717, 1.165) is 22.4 Å². The van der Waals surface area contributed by atoms with Gasteiger partial charge in [0.2, 0.25) is 0 Å². The van der Waals surface area contributed by atoms with Gasteiger partial charge in [-0.1, -0.05) is 59.4 Å². The van der Waals surface area contributed by atoms with Crippen molar-refractivity contribution in [3.8, 4) is 11.3 Å². The van der Waals surface area contributed by atoms with Crippen LogP contribution in [0.15, 0.2) is 42.5 Å². The minimum absolute atomic E-state index is 0.182. The topological polar surface area (TPSA) is 105 Å². The fourth-order valence-corrected chi connectivity index (χ4v) is 3.58. The van der Waals surface area contributed by atoms with Crippen LogP contribution in [0.5, 0.6) is 0 Å². The van der Waals surface area contributed by atoms with Crippen LogP contribution in [0, 0.1) is 20.8 Å². The van der Waals surface area contributed by atoms with E-state index < -0.39 is 12.1 Å². The Hall–Kier alpha value is -3.40. The van der Waals surface area contributed by atoms with Crippen LogP contribution in [0.25, 0.3) is 11.3 Å². The lowest BCUT2D eigenvalue weighted by atomic mass is 10.0. The largest absolute Gasteiger partial charge is 0.490 e. The molecule has 1 aromatic heterocycles. The number of nitrogens with zero attached hydrogens (tertiary/aromatic N) is 1. The predicted molar refractivity (Wildman–Crippen MR) is 114 cm³/mol. The number of carboxylic acid groups (broad SMARTS) is 1. The number of hydrogen-bond donors (Lipinski definition) is 3. The van der Waals surface area contributed by atoms with E-state index >= 15 is 0 Å². The highest BCUT2D eigenvalue weighted by atomic mass is 32.1. The van der Waals surface area contributed by atoms with Gasteiger partial charge in [-0.25, -0.2) is 9.78 Å². The minimum Gasteiger partial charge on any atom is -0.475 e. The molecule has 10 heteroatoms. The first-order valence-corrected chi connectivity index (χ1v) is 9.72. The van der Waals surface area contributed by atoms with E-state index in [2.05, 4.69) is 22.4 Å². The van der Waals surface area contributed by atoms with E-state index in [0.29, 0.717) is 15.7 Å². The van der Waals surface area contributed by atoms with Crippen LogP contribution >= 0.6 is 11.3 Å². The molecule has 0 saturated heterocycles. The summed E-state index contributed by atoms with van der Waals surface area (Å²) in [4.78, 5) is 26.6. The molecule has 1 amide bonds. The number of carboxylic acids is 1. The summed E-state index contributed by atoms with van der Waals surface area (Å²) in [5.41, 5.74) is 11.5. The summed E-state index contributed by atoms with van der Waals surface area (Å²) in [7, 11) is 0. The summed E-state index contributed by atoms with van der Waals surface area (Å²) in [5, 5.41) is 10.5. The van der Waals surface area contributed by atoms with Crippen LogP contribution in [0.1, 0.15) is 26.4 Å². The maximum absolute atomic E-state index is 12.8. The van der Waals surface area contributed by atoms with Crippen LogP contribution in [-0.2, 0) is 4.79 Å². The third-order valence-corrected chi connectivity index (χ3v) is 4.94. The van der Waals surface area contributed by atoms with Crippen molar-refractivity contribution >= 4 is 34.0 Å². The molecular formula is C21H20F3N3O3S. The molecule has 0 spiro atoms. The summed E-state index contributed by atoms with van der Waals surface area (Å²) < 4.78 is 31.7. The van der Waals surface area contributed by atoms with E-state index in [-0.39, 0.29) is 5.91 Å². The predicted octanol–water partition coefficient (Wildman–Crippen LogP) is 5.20. The Morgan fingerprint density at radius 2 is 1.58 bits per heavy atom. The summed E-state index contributed by atoms with van der Waals surface area (Å²) >= 11 is 1.21. The lowest BCUT2D eigenvalue weighted by Crippen LogP contribution is -2.21. The average molecular weight is 451 g/mol. The van der Waals surface area contributed by atoms with Gasteiger partial charge in [0, 0.05) is 11.3 Å². The number of anilines is 2. The first-order valence-electron chi connectivity index (χ1n) is 8.91. The van der Waals surface area contributed by atoms with E-state index in [4.69, 9.17) is 15.6 Å². The number of hydrogen-bond acceptors (Lipinski definition) is 5. The molecule has 0 unspecified atom stereocenters. The van der Waals surface area contributed by atoms with Crippen LogP contribution in [-0.4, -0.2) is 28.1 Å². The van der Waals surface area contributed by atoms with E-state index in [1.807, 2.05) is 51.1 Å². The summed E-state index contributed by atoms with van der Waals surface area (Å²) in [5.74, 6) is -2.94. The SMILES string of the molecule is Cc1cc(C)c(NC(=O)c2sc(N)nc2-c2ccccc2)c(C)c1.O=C(O)C(F)(F)F. The molecule has 0 radical (unpaired) electrons. The number of nitrogens with one attached hydrogen (secondary N) is 1. The first-order chi connectivity index (χ1) is 14.4. The number of amides is 1. The van der Waals surface area contributed by atoms with Crippen molar-refractivity contribution in [2.45, 2.75) is 26.9 Å². The van der Waals surface area contributed by atoms with Gasteiger partial charge in [0.05, 0.1) is 5.69 Å². The third-order valence-electron chi connectivity index (χ3n) is 4.06. The maximum atomic E-state index is 12.8. The monoisotopic (exact) mass is 451 g/mol. The number of carbonyl (C=O) groups excluding carboxylic acids is 1. The Bertz CT molecular complexity index is 1070. The lowest BCUT2D eigenvalue weighted by Gasteiger charge is -2.12. The number of thiazole rings is 1. The molecule has 3 aromatic rings. The molecule has 0 aliphatic rings. The van der Waals surface area contributed by atoms with Gasteiger partial charge in [0.1, 0.15) is 4.88 Å². The summed E-state index contributed by atoms with van der Waals surface area (Å²) in [6, 6.07) is 13.7. The molecule has 0 aliphatic heterocycles. The van der Waals surface area contributed by atoms with Crippen molar-refractivity contribution < 1.29 is 27.9 Å². The molecule has 3 rings (SSSR count). The van der Waals surface area contributed by atoms with E-state index in [1.165, 1.54) is 16.9 Å². The van der Waals surface area contributed by atoms with Crippen molar-refractivity contribution in [3.05, 3.63) is 64.0 Å². The average Bonchev–Trinajstić information content (AvgIpc) is 3.07. The zero-order valence-electron chi connectivity index (χ0n) is 16.9. The Labute approximate surface area is 180 Å². The highest BCUT2D eigenvalue weighted by Gasteiger charge is 2.38. The van der Waals surface area contributed by atoms with Crippen LogP contribution in [0.3, 0.4) is 0 Å².